The maximum absolute atomic E-state index is 13.6. The predicted molar refractivity (Wildman–Crippen MR) is 130 cm³/mol. The average molecular weight is 482 g/mol. The Morgan fingerprint density at radius 2 is 1.85 bits per heavy atom. The minimum absolute atomic E-state index is 0.123. The Hall–Kier alpha value is -2.71. The molecule has 2 aromatic carbocycles. The number of aliphatic carboxylic acids is 1. The van der Waals surface area contributed by atoms with Crippen LogP contribution in [0.2, 0.25) is 0 Å². The van der Waals surface area contributed by atoms with E-state index in [4.69, 9.17) is 5.10 Å². The Labute approximate surface area is 200 Å². The van der Waals surface area contributed by atoms with Crippen LogP contribution < -0.4 is 0 Å². The molecule has 1 saturated heterocycles. The second kappa shape index (κ2) is 8.82. The van der Waals surface area contributed by atoms with Gasteiger partial charge >= 0.3 is 5.97 Å². The summed E-state index contributed by atoms with van der Waals surface area (Å²) in [5.74, 6) is -0.312. The number of aromatic nitrogens is 2. The first-order chi connectivity index (χ1) is 16.3. The molecule has 2 fully saturated rings. The van der Waals surface area contributed by atoms with E-state index in [1.54, 1.807) is 16.4 Å². The number of rotatable bonds is 7. The molecule has 180 valence electrons. The molecule has 0 amide bonds. The number of benzene rings is 2. The topological polar surface area (TPSA) is 92.5 Å². The lowest BCUT2D eigenvalue weighted by atomic mass is 9.74. The smallest absolute Gasteiger partial charge is 0.309 e. The average Bonchev–Trinajstić information content (AvgIpc) is 3.34. The van der Waals surface area contributed by atoms with Crippen molar-refractivity contribution in [2.75, 3.05) is 13.1 Å². The van der Waals surface area contributed by atoms with Gasteiger partial charge in [0.2, 0.25) is 10.0 Å². The zero-order chi connectivity index (χ0) is 24.0. The van der Waals surface area contributed by atoms with Crippen molar-refractivity contribution in [1.82, 2.24) is 14.1 Å². The third kappa shape index (κ3) is 4.03. The molecule has 2 atom stereocenters. The fourth-order valence-electron chi connectivity index (χ4n) is 5.45. The van der Waals surface area contributed by atoms with Crippen molar-refractivity contribution < 1.29 is 18.3 Å². The van der Waals surface area contributed by atoms with Crippen LogP contribution in [0, 0.1) is 18.8 Å². The number of carboxylic acid groups (broad SMARTS) is 1. The first-order valence-electron chi connectivity index (χ1n) is 12.1. The SMILES string of the molecule is CCc1ccc(S(=O)(=O)N2CC(C3CCC3)[C@@H](n3nc(CC(=O)O)c4ccc(C)cc43)C2)cc1. The highest BCUT2D eigenvalue weighted by Gasteiger charge is 2.46. The van der Waals surface area contributed by atoms with Crippen molar-refractivity contribution in [3.63, 3.8) is 0 Å². The largest absolute Gasteiger partial charge is 0.481 e. The van der Waals surface area contributed by atoms with Crippen LogP contribution in [0.25, 0.3) is 10.9 Å². The number of nitrogens with zero attached hydrogens (tertiary/aromatic N) is 3. The van der Waals surface area contributed by atoms with E-state index in [0.29, 0.717) is 29.6 Å². The zero-order valence-electron chi connectivity index (χ0n) is 19.6. The summed E-state index contributed by atoms with van der Waals surface area (Å²) >= 11 is 0. The van der Waals surface area contributed by atoms with E-state index < -0.39 is 16.0 Å². The molecular weight excluding hydrogens is 450 g/mol. The van der Waals surface area contributed by atoms with Crippen LogP contribution >= 0.6 is 0 Å². The molecule has 2 heterocycles. The van der Waals surface area contributed by atoms with Gasteiger partial charge in [-0.2, -0.15) is 9.40 Å². The third-order valence-electron chi connectivity index (χ3n) is 7.60. The normalized spacial score (nSPS) is 21.7. The molecule has 0 spiro atoms. The first-order valence-corrected chi connectivity index (χ1v) is 13.5. The molecule has 7 nitrogen and oxygen atoms in total. The molecule has 3 aromatic rings. The fourth-order valence-corrected chi connectivity index (χ4v) is 6.94. The number of sulfonamides is 1. The van der Waals surface area contributed by atoms with Gasteiger partial charge in [0, 0.05) is 18.5 Å². The molecule has 1 unspecified atom stereocenters. The van der Waals surface area contributed by atoms with E-state index in [-0.39, 0.29) is 18.4 Å². The molecule has 8 heteroatoms. The lowest BCUT2D eigenvalue weighted by Crippen LogP contribution is -2.31. The highest BCUT2D eigenvalue weighted by Crippen LogP contribution is 2.45. The van der Waals surface area contributed by atoms with E-state index >= 15 is 0 Å². The lowest BCUT2D eigenvalue weighted by Gasteiger charge is -2.34. The number of hydrogen-bond donors (Lipinski definition) is 1. The Morgan fingerprint density at radius 3 is 2.47 bits per heavy atom. The van der Waals surface area contributed by atoms with E-state index in [2.05, 4.69) is 0 Å². The van der Waals surface area contributed by atoms with Gasteiger partial charge in [-0.25, -0.2) is 8.42 Å². The second-order valence-corrected chi connectivity index (χ2v) is 11.7. The van der Waals surface area contributed by atoms with E-state index in [0.717, 1.165) is 41.3 Å². The summed E-state index contributed by atoms with van der Waals surface area (Å²) < 4.78 is 30.7. The Bertz CT molecular complexity index is 1330. The van der Waals surface area contributed by atoms with Crippen molar-refractivity contribution in [3.05, 3.63) is 59.3 Å². The van der Waals surface area contributed by atoms with Gasteiger partial charge in [0.05, 0.1) is 28.6 Å². The van der Waals surface area contributed by atoms with Gasteiger partial charge in [-0.15, -0.1) is 0 Å². The molecule has 1 aromatic heterocycles. The summed E-state index contributed by atoms with van der Waals surface area (Å²) in [5, 5.41) is 15.0. The minimum Gasteiger partial charge on any atom is -0.481 e. The zero-order valence-corrected chi connectivity index (χ0v) is 20.5. The summed E-state index contributed by atoms with van der Waals surface area (Å²) in [7, 11) is -3.63. The van der Waals surface area contributed by atoms with Gasteiger partial charge in [-0.3, -0.25) is 9.48 Å². The highest BCUT2D eigenvalue weighted by atomic mass is 32.2. The molecule has 0 radical (unpaired) electrons. The summed E-state index contributed by atoms with van der Waals surface area (Å²) in [4.78, 5) is 11.8. The second-order valence-electron chi connectivity index (χ2n) is 9.72. The van der Waals surface area contributed by atoms with Gasteiger partial charge in [0.15, 0.2) is 0 Å². The Balaban J connectivity index is 1.55. The van der Waals surface area contributed by atoms with E-state index in [1.165, 1.54) is 6.42 Å². The van der Waals surface area contributed by atoms with Crippen molar-refractivity contribution in [2.24, 2.45) is 11.8 Å². The van der Waals surface area contributed by atoms with Gasteiger partial charge in [-0.05, 0) is 54.5 Å². The van der Waals surface area contributed by atoms with Crippen molar-refractivity contribution >= 4 is 26.9 Å². The molecule has 1 aliphatic heterocycles. The van der Waals surface area contributed by atoms with Crippen LogP contribution in [0.3, 0.4) is 0 Å². The summed E-state index contributed by atoms with van der Waals surface area (Å²) in [5.41, 5.74) is 3.59. The standard InChI is InChI=1S/C26H31N3O4S/c1-3-18-8-10-20(11-9-18)34(32,33)28-15-22(19-5-4-6-19)25(16-28)29-24-13-17(2)7-12-21(24)23(27-29)14-26(30)31/h7-13,19,22,25H,3-6,14-16H2,1-2H3,(H,30,31)/t22?,25-/m0/s1. The minimum atomic E-state index is -3.63. The molecule has 1 aliphatic carbocycles. The molecule has 1 saturated carbocycles. The lowest BCUT2D eigenvalue weighted by molar-refractivity contribution is -0.136. The van der Waals surface area contributed by atoms with Crippen molar-refractivity contribution in [1.29, 1.82) is 0 Å². The monoisotopic (exact) mass is 481 g/mol. The quantitative estimate of drug-likeness (QED) is 0.546. The maximum atomic E-state index is 13.6. The summed E-state index contributed by atoms with van der Waals surface area (Å²) in [6.07, 6.45) is 4.07. The molecular formula is C26H31N3O4S. The van der Waals surface area contributed by atoms with Crippen LogP contribution in [-0.4, -0.2) is 46.7 Å². The van der Waals surface area contributed by atoms with Crippen LogP contribution in [0.1, 0.15) is 49.0 Å². The predicted octanol–water partition coefficient (Wildman–Crippen LogP) is 4.20. The van der Waals surface area contributed by atoms with Gasteiger partial charge in [0.25, 0.3) is 0 Å². The van der Waals surface area contributed by atoms with Crippen LogP contribution in [-0.2, 0) is 27.7 Å². The molecule has 34 heavy (non-hydrogen) atoms. The number of carbonyl (C=O) groups is 1. The van der Waals surface area contributed by atoms with Crippen molar-refractivity contribution in [2.45, 2.75) is 56.9 Å². The summed E-state index contributed by atoms with van der Waals surface area (Å²) in [6, 6.07) is 13.0. The molecule has 1 N–H and O–H groups in total. The van der Waals surface area contributed by atoms with Crippen LogP contribution in [0.15, 0.2) is 47.4 Å². The number of fused-ring (bicyclic) bond motifs is 1. The van der Waals surface area contributed by atoms with Crippen LogP contribution in [0.4, 0.5) is 0 Å². The Morgan fingerprint density at radius 1 is 1.12 bits per heavy atom. The van der Waals surface area contributed by atoms with Gasteiger partial charge < -0.3 is 5.11 Å². The molecule has 2 aliphatic rings. The number of aryl methyl sites for hydroxylation is 2. The van der Waals surface area contributed by atoms with Gasteiger partial charge in [0.1, 0.15) is 0 Å². The number of carboxylic acids is 1. The first kappa shape index (κ1) is 23.1. The van der Waals surface area contributed by atoms with E-state index in [1.807, 2.05) is 48.9 Å². The third-order valence-corrected chi connectivity index (χ3v) is 9.44. The summed E-state index contributed by atoms with van der Waals surface area (Å²) in [6.45, 7) is 4.86. The molecule has 5 rings (SSSR count). The fraction of sp³-hybridized carbons (Fsp3) is 0.462. The Kier molecular flexibility index (Phi) is 5.98. The number of hydrogen-bond acceptors (Lipinski definition) is 4. The van der Waals surface area contributed by atoms with E-state index in [9.17, 15) is 18.3 Å². The maximum Gasteiger partial charge on any atom is 0.309 e. The molecule has 0 bridgehead atoms. The highest BCUT2D eigenvalue weighted by molar-refractivity contribution is 7.89. The van der Waals surface area contributed by atoms with Crippen molar-refractivity contribution in [3.8, 4) is 0 Å². The van der Waals surface area contributed by atoms with Gasteiger partial charge in [-0.1, -0.05) is 50.5 Å². The van der Waals surface area contributed by atoms with Crippen LogP contribution in [0.5, 0.6) is 0 Å².